The van der Waals surface area contributed by atoms with Crippen molar-refractivity contribution in [1.29, 1.82) is 0 Å². The molecule has 0 spiro atoms. The second-order valence-corrected chi connectivity index (χ2v) is 10.4. The van der Waals surface area contributed by atoms with Crippen molar-refractivity contribution < 1.29 is 4.57 Å². The van der Waals surface area contributed by atoms with E-state index >= 15 is 0 Å². The third-order valence-electron chi connectivity index (χ3n) is 8.53. The first-order valence-electron chi connectivity index (χ1n) is 11.7. The van der Waals surface area contributed by atoms with E-state index in [1.165, 1.54) is 60.8 Å². The van der Waals surface area contributed by atoms with Gasteiger partial charge in [0.15, 0.2) is 6.04 Å². The van der Waals surface area contributed by atoms with Crippen LogP contribution in [0.1, 0.15) is 66.8 Å². The highest BCUT2D eigenvalue weighted by Crippen LogP contribution is 2.58. The van der Waals surface area contributed by atoms with Gasteiger partial charge in [-0.1, -0.05) is 60.7 Å². The first-order valence-corrected chi connectivity index (χ1v) is 11.7. The molecule has 0 N–H and O–H groups in total. The molecule has 4 fully saturated rings. The summed E-state index contributed by atoms with van der Waals surface area (Å²) in [7, 11) is 0. The van der Waals surface area contributed by atoms with Gasteiger partial charge in [0.05, 0.1) is 0 Å². The minimum atomic E-state index is 0.225. The zero-order chi connectivity index (χ0) is 19.7. The molecule has 1 heterocycles. The minimum absolute atomic E-state index is 0.225. The van der Waals surface area contributed by atoms with Gasteiger partial charge in [-0.15, -0.1) is 0 Å². The Kier molecular flexibility index (Phi) is 3.53. The number of fused-ring (bicyclic) bond motifs is 2. The molecular weight excluding hydrogens is 364 g/mol. The SMILES string of the molecule is C1=Cc2ccccc2C([n+]2ccn(C34CC5CC(CC(C5)C3)C4)c2)c2ccccc21. The average Bonchev–Trinajstić information content (AvgIpc) is 3.18. The molecule has 0 saturated heterocycles. The smallest absolute Gasteiger partial charge is 0.231 e. The zero-order valence-electron chi connectivity index (χ0n) is 17.5. The van der Waals surface area contributed by atoms with Gasteiger partial charge in [-0.2, -0.15) is 0 Å². The molecule has 0 unspecified atom stereocenters. The number of benzene rings is 2. The number of rotatable bonds is 2. The van der Waals surface area contributed by atoms with Crippen LogP contribution < -0.4 is 4.57 Å². The summed E-state index contributed by atoms with van der Waals surface area (Å²) in [6, 6.07) is 18.0. The first kappa shape index (κ1) is 17.1. The van der Waals surface area contributed by atoms with E-state index in [1.807, 2.05) is 0 Å². The molecule has 2 aromatic carbocycles. The van der Waals surface area contributed by atoms with Crippen LogP contribution in [0.5, 0.6) is 0 Å². The Morgan fingerprint density at radius 2 is 1.27 bits per heavy atom. The molecule has 8 rings (SSSR count). The van der Waals surface area contributed by atoms with Gasteiger partial charge in [-0.25, -0.2) is 9.13 Å². The Labute approximate surface area is 178 Å². The summed E-state index contributed by atoms with van der Waals surface area (Å²) in [6.45, 7) is 0. The number of imidazole rings is 1. The van der Waals surface area contributed by atoms with Gasteiger partial charge >= 0.3 is 0 Å². The van der Waals surface area contributed by atoms with Gasteiger partial charge in [-0.3, -0.25) is 0 Å². The maximum Gasteiger partial charge on any atom is 0.244 e. The molecule has 4 bridgehead atoms. The lowest BCUT2D eigenvalue weighted by molar-refractivity contribution is -0.704. The normalized spacial score (nSPS) is 31.4. The standard InChI is InChI=1S/C28H29N2/c1-3-7-25-23(5-1)9-10-24-6-2-4-8-26(24)27(25)29-11-12-30(19-29)28-16-20-13-21(17-28)15-22(14-20)18-28/h1-12,19-22,27H,13-18H2/q+1. The molecule has 30 heavy (non-hydrogen) atoms. The molecule has 0 amide bonds. The van der Waals surface area contributed by atoms with Crippen molar-refractivity contribution in [1.82, 2.24) is 4.57 Å². The number of aromatic nitrogens is 2. The predicted octanol–water partition coefficient (Wildman–Crippen LogP) is 5.82. The second kappa shape index (κ2) is 6.20. The summed E-state index contributed by atoms with van der Waals surface area (Å²) in [5.74, 6) is 2.90. The fourth-order valence-electron chi connectivity index (χ4n) is 7.68. The van der Waals surface area contributed by atoms with E-state index in [0.29, 0.717) is 5.54 Å². The maximum atomic E-state index is 2.63. The molecule has 0 aliphatic heterocycles. The zero-order valence-corrected chi connectivity index (χ0v) is 17.5. The van der Waals surface area contributed by atoms with Crippen LogP contribution in [0.3, 0.4) is 0 Å². The van der Waals surface area contributed by atoms with E-state index in [2.05, 4.69) is 88.5 Å². The third kappa shape index (κ3) is 2.46. The van der Waals surface area contributed by atoms with Crippen molar-refractivity contribution in [3.8, 4) is 0 Å². The van der Waals surface area contributed by atoms with E-state index in [1.54, 1.807) is 0 Å². The molecule has 2 nitrogen and oxygen atoms in total. The lowest BCUT2D eigenvalue weighted by Gasteiger charge is -2.54. The van der Waals surface area contributed by atoms with Gasteiger partial charge in [0.1, 0.15) is 17.9 Å². The van der Waals surface area contributed by atoms with Gasteiger partial charge in [0.2, 0.25) is 6.33 Å². The number of hydrogen-bond donors (Lipinski definition) is 0. The maximum absolute atomic E-state index is 2.63. The molecule has 1 aromatic heterocycles. The molecule has 0 radical (unpaired) electrons. The molecule has 150 valence electrons. The molecule has 3 aromatic rings. The molecule has 5 aliphatic rings. The van der Waals surface area contributed by atoms with Crippen LogP contribution in [0, 0.1) is 17.8 Å². The second-order valence-electron chi connectivity index (χ2n) is 10.4. The molecule has 4 saturated carbocycles. The van der Waals surface area contributed by atoms with Gasteiger partial charge in [0.25, 0.3) is 0 Å². The summed E-state index contributed by atoms with van der Waals surface area (Å²) in [5.41, 5.74) is 5.82. The van der Waals surface area contributed by atoms with Crippen molar-refractivity contribution in [3.05, 3.63) is 89.5 Å². The fourth-order valence-corrected chi connectivity index (χ4v) is 7.68. The van der Waals surface area contributed by atoms with Crippen LogP contribution in [-0.2, 0) is 5.54 Å². The molecular formula is C28H29N2+. The third-order valence-corrected chi connectivity index (χ3v) is 8.53. The van der Waals surface area contributed by atoms with Crippen LogP contribution in [0.25, 0.3) is 12.2 Å². The summed E-state index contributed by atoms with van der Waals surface area (Å²) >= 11 is 0. The van der Waals surface area contributed by atoms with E-state index in [4.69, 9.17) is 0 Å². The molecule has 2 heteroatoms. The summed E-state index contributed by atoms with van der Waals surface area (Å²) in [5, 5.41) is 0. The number of nitrogens with zero attached hydrogens (tertiary/aromatic N) is 2. The van der Waals surface area contributed by atoms with Crippen LogP contribution in [-0.4, -0.2) is 4.57 Å². The van der Waals surface area contributed by atoms with Crippen molar-refractivity contribution in [2.24, 2.45) is 17.8 Å². The van der Waals surface area contributed by atoms with Crippen LogP contribution in [0.2, 0.25) is 0 Å². The van der Waals surface area contributed by atoms with E-state index in [0.717, 1.165) is 17.8 Å². The Bertz CT molecular complexity index is 1070. The Hall–Kier alpha value is -2.61. The minimum Gasteiger partial charge on any atom is -0.231 e. The largest absolute Gasteiger partial charge is 0.244 e. The number of hydrogen-bond acceptors (Lipinski definition) is 0. The first-order chi connectivity index (χ1) is 14.8. The van der Waals surface area contributed by atoms with Gasteiger partial charge in [0, 0.05) is 11.1 Å². The summed E-state index contributed by atoms with van der Waals surface area (Å²) in [6.07, 6.45) is 20.4. The predicted molar refractivity (Wildman–Crippen MR) is 120 cm³/mol. The monoisotopic (exact) mass is 393 g/mol. The van der Waals surface area contributed by atoms with Crippen LogP contribution in [0.15, 0.2) is 67.3 Å². The van der Waals surface area contributed by atoms with Crippen molar-refractivity contribution in [2.45, 2.75) is 50.1 Å². The van der Waals surface area contributed by atoms with Crippen molar-refractivity contribution >= 4 is 12.2 Å². The summed E-state index contributed by atoms with van der Waals surface area (Å²) in [4.78, 5) is 0. The van der Waals surface area contributed by atoms with Crippen LogP contribution >= 0.6 is 0 Å². The fraction of sp³-hybridized carbons (Fsp3) is 0.393. The highest BCUT2D eigenvalue weighted by Gasteiger charge is 2.54. The van der Waals surface area contributed by atoms with Gasteiger partial charge in [-0.05, 0) is 67.4 Å². The van der Waals surface area contributed by atoms with Crippen molar-refractivity contribution in [2.75, 3.05) is 0 Å². The Morgan fingerprint density at radius 1 is 0.733 bits per heavy atom. The highest BCUT2D eigenvalue weighted by molar-refractivity contribution is 5.76. The lowest BCUT2D eigenvalue weighted by Crippen LogP contribution is -2.52. The van der Waals surface area contributed by atoms with E-state index < -0.39 is 0 Å². The molecule has 0 atom stereocenters. The topological polar surface area (TPSA) is 8.81 Å². The lowest BCUT2D eigenvalue weighted by atomic mass is 9.53. The average molecular weight is 394 g/mol. The van der Waals surface area contributed by atoms with Gasteiger partial charge < -0.3 is 0 Å². The highest BCUT2D eigenvalue weighted by atomic mass is 15.2. The Morgan fingerprint density at radius 3 is 1.83 bits per heavy atom. The molecule has 5 aliphatic carbocycles. The quantitative estimate of drug-likeness (QED) is 0.379. The van der Waals surface area contributed by atoms with Crippen molar-refractivity contribution in [3.63, 3.8) is 0 Å². The van der Waals surface area contributed by atoms with E-state index in [9.17, 15) is 0 Å². The van der Waals surface area contributed by atoms with E-state index in [-0.39, 0.29) is 6.04 Å². The van der Waals surface area contributed by atoms with Crippen LogP contribution in [0.4, 0.5) is 0 Å². The Balaban J connectivity index is 1.35. The summed E-state index contributed by atoms with van der Waals surface area (Å²) < 4.78 is 5.10.